The molecule has 4 rings (SSSR count). The van der Waals surface area contributed by atoms with Gasteiger partial charge in [0.15, 0.2) is 0 Å². The summed E-state index contributed by atoms with van der Waals surface area (Å²) in [5, 5.41) is 2.88. The van der Waals surface area contributed by atoms with Gasteiger partial charge in [-0.1, -0.05) is 37.1 Å². The highest BCUT2D eigenvalue weighted by atomic mass is 19.1. The number of carbonyl (C=O) groups excluding carboxylic acids is 2. The van der Waals surface area contributed by atoms with Crippen LogP contribution >= 0.6 is 0 Å². The van der Waals surface area contributed by atoms with E-state index in [2.05, 4.69) is 5.32 Å². The van der Waals surface area contributed by atoms with E-state index in [4.69, 9.17) is 5.73 Å². The monoisotopic (exact) mass is 409 g/mol. The zero-order valence-electron chi connectivity index (χ0n) is 17.0. The van der Waals surface area contributed by atoms with Gasteiger partial charge in [-0.05, 0) is 55.5 Å². The molecule has 2 aliphatic rings. The molecule has 5 nitrogen and oxygen atoms in total. The minimum absolute atomic E-state index is 0.0181. The zero-order chi connectivity index (χ0) is 21.1. The molecule has 0 bridgehead atoms. The van der Waals surface area contributed by atoms with Crippen molar-refractivity contribution in [1.29, 1.82) is 0 Å². The van der Waals surface area contributed by atoms with Gasteiger partial charge >= 0.3 is 0 Å². The minimum Gasteiger partial charge on any atom is -0.334 e. The number of benzene rings is 2. The molecule has 6 heteroatoms. The third-order valence-electron chi connectivity index (χ3n) is 6.08. The number of hydrogen-bond donors (Lipinski definition) is 2. The summed E-state index contributed by atoms with van der Waals surface area (Å²) >= 11 is 0. The Balaban J connectivity index is 1.56. The van der Waals surface area contributed by atoms with Crippen molar-refractivity contribution < 1.29 is 14.0 Å². The van der Waals surface area contributed by atoms with Crippen molar-refractivity contribution in [2.45, 2.75) is 57.2 Å². The summed E-state index contributed by atoms with van der Waals surface area (Å²) in [6.45, 7) is 0.410. The zero-order valence-corrected chi connectivity index (χ0v) is 17.0. The van der Waals surface area contributed by atoms with Gasteiger partial charge in [-0.2, -0.15) is 0 Å². The molecule has 2 atom stereocenters. The van der Waals surface area contributed by atoms with Gasteiger partial charge in [0.05, 0.1) is 0 Å². The number of rotatable bonds is 6. The third kappa shape index (κ3) is 4.70. The average molecular weight is 410 g/mol. The Labute approximate surface area is 176 Å². The normalized spacial score (nSPS) is 21.1. The van der Waals surface area contributed by atoms with Gasteiger partial charge in [0.25, 0.3) is 5.91 Å². The van der Waals surface area contributed by atoms with Crippen LogP contribution in [0.15, 0.2) is 48.5 Å². The van der Waals surface area contributed by atoms with Crippen LogP contribution in [0.1, 0.15) is 54.4 Å². The number of nitrogens with one attached hydrogen (secondary N) is 1. The lowest BCUT2D eigenvalue weighted by Crippen LogP contribution is -2.52. The maximum Gasteiger partial charge on any atom is 0.255 e. The number of nitrogens with zero attached hydrogens (tertiary/aromatic N) is 1. The molecule has 2 fully saturated rings. The fraction of sp³-hybridized carbons (Fsp3) is 0.417. The molecule has 2 aliphatic carbocycles. The van der Waals surface area contributed by atoms with Crippen LogP contribution in [0.4, 0.5) is 10.1 Å². The standard InChI is InChI=1S/C24H28FN3O2/c25-19-8-5-7-17(14-19)23(29)27-21-10-3-1-6-18(21)15-28(24(30)16-12-13-16)22-11-4-2-9-20(22)26/h1,3,5-8,10,14,16,20,22H,2,4,9,11-13,15,26H2,(H,27,29). The van der Waals surface area contributed by atoms with Crippen LogP contribution in [-0.4, -0.2) is 28.8 Å². The molecule has 2 aromatic rings. The predicted octanol–water partition coefficient (Wildman–Crippen LogP) is 4.09. The molecule has 0 saturated heterocycles. The van der Waals surface area contributed by atoms with E-state index in [-0.39, 0.29) is 35.4 Å². The first kappa shape index (κ1) is 20.5. The van der Waals surface area contributed by atoms with Crippen LogP contribution in [-0.2, 0) is 11.3 Å². The fourth-order valence-electron chi connectivity index (χ4n) is 4.24. The highest BCUT2D eigenvalue weighted by Crippen LogP contribution is 2.35. The van der Waals surface area contributed by atoms with Crippen LogP contribution in [0.3, 0.4) is 0 Å². The Morgan fingerprint density at radius 1 is 1.03 bits per heavy atom. The molecule has 2 amide bonds. The second-order valence-electron chi connectivity index (χ2n) is 8.38. The molecule has 0 aromatic heterocycles. The maximum atomic E-state index is 13.5. The summed E-state index contributed by atoms with van der Waals surface area (Å²) in [7, 11) is 0. The molecule has 0 radical (unpaired) electrons. The molecule has 2 saturated carbocycles. The van der Waals surface area contributed by atoms with E-state index in [1.807, 2.05) is 29.2 Å². The summed E-state index contributed by atoms with van der Waals surface area (Å²) in [6.07, 6.45) is 5.90. The molecule has 30 heavy (non-hydrogen) atoms. The summed E-state index contributed by atoms with van der Waals surface area (Å²) in [4.78, 5) is 27.7. The third-order valence-corrected chi connectivity index (χ3v) is 6.08. The summed E-state index contributed by atoms with van der Waals surface area (Å²) in [5.41, 5.74) is 8.14. The largest absolute Gasteiger partial charge is 0.334 e. The van der Waals surface area contributed by atoms with Crippen molar-refractivity contribution in [2.75, 3.05) is 5.32 Å². The van der Waals surface area contributed by atoms with E-state index >= 15 is 0 Å². The molecule has 2 unspecified atom stereocenters. The molecule has 2 aromatic carbocycles. The summed E-state index contributed by atoms with van der Waals surface area (Å²) < 4.78 is 13.5. The van der Waals surface area contributed by atoms with Crippen LogP contribution in [0.5, 0.6) is 0 Å². The smallest absolute Gasteiger partial charge is 0.255 e. The van der Waals surface area contributed by atoms with Gasteiger partial charge in [0.1, 0.15) is 5.82 Å². The van der Waals surface area contributed by atoms with E-state index in [0.29, 0.717) is 12.2 Å². The van der Waals surface area contributed by atoms with Crippen molar-refractivity contribution in [3.05, 3.63) is 65.5 Å². The highest BCUT2D eigenvalue weighted by Gasteiger charge is 2.39. The molecule has 0 spiro atoms. The first-order chi connectivity index (χ1) is 14.5. The fourth-order valence-corrected chi connectivity index (χ4v) is 4.24. The van der Waals surface area contributed by atoms with Crippen LogP contribution in [0, 0.1) is 11.7 Å². The van der Waals surface area contributed by atoms with Crippen LogP contribution in [0.25, 0.3) is 0 Å². The van der Waals surface area contributed by atoms with Gasteiger partial charge in [-0.3, -0.25) is 9.59 Å². The Morgan fingerprint density at radius 2 is 1.80 bits per heavy atom. The van der Waals surface area contributed by atoms with E-state index in [9.17, 15) is 14.0 Å². The molecular formula is C24H28FN3O2. The molecule has 158 valence electrons. The Bertz CT molecular complexity index is 928. The molecular weight excluding hydrogens is 381 g/mol. The quantitative estimate of drug-likeness (QED) is 0.755. The maximum absolute atomic E-state index is 13.5. The molecule has 3 N–H and O–H groups in total. The lowest BCUT2D eigenvalue weighted by atomic mass is 9.89. The Kier molecular flexibility index (Phi) is 6.13. The van der Waals surface area contributed by atoms with Crippen molar-refractivity contribution in [1.82, 2.24) is 4.90 Å². The molecule has 0 heterocycles. The summed E-state index contributed by atoms with van der Waals surface area (Å²) in [5.74, 6) is -0.559. The van der Waals surface area contributed by atoms with Gasteiger partial charge in [-0.25, -0.2) is 4.39 Å². The van der Waals surface area contributed by atoms with Gasteiger partial charge in [0.2, 0.25) is 5.91 Å². The summed E-state index contributed by atoms with van der Waals surface area (Å²) in [6, 6.07) is 13.1. The second-order valence-corrected chi connectivity index (χ2v) is 8.38. The van der Waals surface area contributed by atoms with E-state index < -0.39 is 5.82 Å². The van der Waals surface area contributed by atoms with E-state index in [1.54, 1.807) is 6.07 Å². The number of carbonyl (C=O) groups is 2. The van der Waals surface area contributed by atoms with Crippen molar-refractivity contribution in [2.24, 2.45) is 11.7 Å². The van der Waals surface area contributed by atoms with E-state index in [1.165, 1.54) is 18.2 Å². The number of amides is 2. The van der Waals surface area contributed by atoms with Crippen LogP contribution < -0.4 is 11.1 Å². The van der Waals surface area contributed by atoms with Gasteiger partial charge < -0.3 is 16.0 Å². The first-order valence-electron chi connectivity index (χ1n) is 10.7. The minimum atomic E-state index is -0.455. The van der Waals surface area contributed by atoms with E-state index in [0.717, 1.165) is 44.1 Å². The van der Waals surface area contributed by atoms with Gasteiger partial charge in [-0.15, -0.1) is 0 Å². The topological polar surface area (TPSA) is 75.4 Å². The lowest BCUT2D eigenvalue weighted by Gasteiger charge is -2.39. The SMILES string of the molecule is NC1CCCCC1N(Cc1ccccc1NC(=O)c1cccc(F)c1)C(=O)C1CC1. The van der Waals surface area contributed by atoms with Crippen molar-refractivity contribution in [3.8, 4) is 0 Å². The Morgan fingerprint density at radius 3 is 2.53 bits per heavy atom. The van der Waals surface area contributed by atoms with Crippen LogP contribution in [0.2, 0.25) is 0 Å². The average Bonchev–Trinajstić information content (AvgIpc) is 3.59. The highest BCUT2D eigenvalue weighted by molar-refractivity contribution is 6.04. The Hall–Kier alpha value is -2.73. The number of anilines is 1. The number of hydrogen-bond acceptors (Lipinski definition) is 3. The molecule has 0 aliphatic heterocycles. The van der Waals surface area contributed by atoms with Crippen molar-refractivity contribution >= 4 is 17.5 Å². The van der Waals surface area contributed by atoms with Gasteiger partial charge in [0, 0.05) is 35.8 Å². The number of para-hydroxylation sites is 1. The predicted molar refractivity (Wildman–Crippen MR) is 114 cm³/mol. The first-order valence-corrected chi connectivity index (χ1v) is 10.7. The number of nitrogens with two attached hydrogens (primary N) is 1. The second kappa shape index (κ2) is 8.96. The number of halogens is 1. The van der Waals surface area contributed by atoms with Crippen molar-refractivity contribution in [3.63, 3.8) is 0 Å². The lowest BCUT2D eigenvalue weighted by molar-refractivity contribution is -0.136.